The van der Waals surface area contributed by atoms with E-state index in [1.54, 1.807) is 0 Å². The molecular formula is C36H23N3. The number of nitrogens with one attached hydrogen (secondary N) is 1. The molecule has 0 saturated carbocycles. The molecule has 39 heavy (non-hydrogen) atoms. The van der Waals surface area contributed by atoms with Gasteiger partial charge in [-0.2, -0.15) is 0 Å². The van der Waals surface area contributed by atoms with Gasteiger partial charge in [0, 0.05) is 28.1 Å². The van der Waals surface area contributed by atoms with Gasteiger partial charge in [0.25, 0.3) is 0 Å². The van der Waals surface area contributed by atoms with Crippen molar-refractivity contribution in [3.63, 3.8) is 0 Å². The molecule has 7 aromatic rings. The van der Waals surface area contributed by atoms with Crippen LogP contribution in [0.15, 0.2) is 108 Å². The SMILES string of the molecule is C1=Nc2[nH]c3c(ccc4ccc(-c5ccc(-c6ccc7c8c(cccc68)-c6ccccc6-7)cc5)nc43)c2CC1. The number of H-pyrrole nitrogens is 1. The van der Waals surface area contributed by atoms with Crippen molar-refractivity contribution in [1.29, 1.82) is 0 Å². The van der Waals surface area contributed by atoms with Crippen LogP contribution in [0.25, 0.3) is 77.2 Å². The summed E-state index contributed by atoms with van der Waals surface area (Å²) in [6.45, 7) is 0. The van der Waals surface area contributed by atoms with Crippen LogP contribution < -0.4 is 0 Å². The molecule has 5 aromatic carbocycles. The van der Waals surface area contributed by atoms with Crippen LogP contribution in [0.1, 0.15) is 12.0 Å². The molecular weight excluding hydrogens is 474 g/mol. The zero-order valence-corrected chi connectivity index (χ0v) is 21.2. The van der Waals surface area contributed by atoms with E-state index in [0.717, 1.165) is 46.3 Å². The van der Waals surface area contributed by atoms with Crippen molar-refractivity contribution in [2.75, 3.05) is 0 Å². The van der Waals surface area contributed by atoms with Crippen LogP contribution in [0.4, 0.5) is 5.82 Å². The molecule has 1 aliphatic heterocycles. The third kappa shape index (κ3) is 2.93. The predicted octanol–water partition coefficient (Wildman–Crippen LogP) is 9.50. The first-order valence-corrected chi connectivity index (χ1v) is 13.6. The summed E-state index contributed by atoms with van der Waals surface area (Å²) in [6, 6.07) is 37.5. The molecule has 0 amide bonds. The summed E-state index contributed by atoms with van der Waals surface area (Å²) in [5, 5.41) is 5.04. The molecule has 0 fully saturated rings. The van der Waals surface area contributed by atoms with Crippen LogP contribution in [-0.2, 0) is 6.42 Å². The van der Waals surface area contributed by atoms with E-state index >= 15 is 0 Å². The number of hydrogen-bond acceptors (Lipinski definition) is 2. The highest BCUT2D eigenvalue weighted by Crippen LogP contribution is 2.49. The molecule has 1 aliphatic carbocycles. The predicted molar refractivity (Wildman–Crippen MR) is 163 cm³/mol. The maximum absolute atomic E-state index is 5.14. The van der Waals surface area contributed by atoms with Gasteiger partial charge in [-0.1, -0.05) is 97.1 Å². The van der Waals surface area contributed by atoms with E-state index in [1.807, 2.05) is 6.21 Å². The van der Waals surface area contributed by atoms with Crippen molar-refractivity contribution >= 4 is 44.6 Å². The molecule has 0 spiro atoms. The van der Waals surface area contributed by atoms with Gasteiger partial charge in [0.1, 0.15) is 5.82 Å². The normalized spacial score (nSPS) is 13.3. The monoisotopic (exact) mass is 497 g/mol. The van der Waals surface area contributed by atoms with Gasteiger partial charge in [-0.15, -0.1) is 0 Å². The molecule has 3 heteroatoms. The Morgan fingerprint density at radius 3 is 2.21 bits per heavy atom. The molecule has 0 radical (unpaired) electrons. The Hall–Kier alpha value is -5.02. The Morgan fingerprint density at radius 2 is 1.33 bits per heavy atom. The first-order valence-electron chi connectivity index (χ1n) is 13.6. The van der Waals surface area contributed by atoms with E-state index in [1.165, 1.54) is 55.1 Å². The summed E-state index contributed by atoms with van der Waals surface area (Å²) < 4.78 is 0. The molecule has 9 rings (SSSR count). The minimum absolute atomic E-state index is 0.980. The molecule has 2 aliphatic rings. The molecule has 2 aromatic heterocycles. The topological polar surface area (TPSA) is 41.0 Å². The summed E-state index contributed by atoms with van der Waals surface area (Å²) in [5.74, 6) is 0.980. The van der Waals surface area contributed by atoms with Gasteiger partial charge in [-0.25, -0.2) is 9.98 Å². The number of pyridine rings is 1. The first-order chi connectivity index (χ1) is 19.3. The van der Waals surface area contributed by atoms with E-state index < -0.39 is 0 Å². The zero-order chi connectivity index (χ0) is 25.5. The second-order valence-electron chi connectivity index (χ2n) is 10.6. The zero-order valence-electron chi connectivity index (χ0n) is 21.2. The van der Waals surface area contributed by atoms with Crippen molar-refractivity contribution < 1.29 is 0 Å². The highest BCUT2D eigenvalue weighted by molar-refractivity contribution is 6.18. The molecule has 3 heterocycles. The van der Waals surface area contributed by atoms with Crippen LogP contribution in [0, 0.1) is 0 Å². The van der Waals surface area contributed by atoms with Crippen molar-refractivity contribution in [3.8, 4) is 44.6 Å². The third-order valence-corrected chi connectivity index (χ3v) is 8.50. The van der Waals surface area contributed by atoms with Crippen LogP contribution in [-0.4, -0.2) is 16.2 Å². The number of aryl methyl sites for hydroxylation is 1. The van der Waals surface area contributed by atoms with Gasteiger partial charge >= 0.3 is 0 Å². The van der Waals surface area contributed by atoms with Crippen molar-refractivity contribution in [1.82, 2.24) is 9.97 Å². The van der Waals surface area contributed by atoms with Gasteiger partial charge in [0.2, 0.25) is 0 Å². The summed E-state index contributed by atoms with van der Waals surface area (Å²) in [6.07, 6.45) is 4.01. The number of rotatable bonds is 2. The molecule has 0 atom stereocenters. The van der Waals surface area contributed by atoms with E-state index in [9.17, 15) is 0 Å². The molecule has 3 nitrogen and oxygen atoms in total. The smallest absolute Gasteiger partial charge is 0.133 e. The number of nitrogens with zero attached hydrogens (tertiary/aromatic N) is 2. The van der Waals surface area contributed by atoms with Crippen molar-refractivity contribution in [2.45, 2.75) is 12.8 Å². The molecule has 0 unspecified atom stereocenters. The maximum Gasteiger partial charge on any atom is 0.133 e. The lowest BCUT2D eigenvalue weighted by atomic mass is 9.93. The quantitative estimate of drug-likeness (QED) is 0.254. The summed E-state index contributed by atoms with van der Waals surface area (Å²) in [5.41, 5.74) is 13.3. The maximum atomic E-state index is 5.14. The van der Waals surface area contributed by atoms with Gasteiger partial charge < -0.3 is 4.98 Å². The van der Waals surface area contributed by atoms with Gasteiger partial charge in [0.05, 0.1) is 16.7 Å². The highest BCUT2D eigenvalue weighted by atomic mass is 14.9. The number of aromatic nitrogens is 2. The minimum Gasteiger partial charge on any atom is -0.338 e. The van der Waals surface area contributed by atoms with E-state index in [4.69, 9.17) is 4.98 Å². The molecule has 182 valence electrons. The fourth-order valence-electron chi connectivity index (χ4n) is 6.66. The minimum atomic E-state index is 0.980. The molecule has 0 bridgehead atoms. The average molecular weight is 498 g/mol. The van der Waals surface area contributed by atoms with Crippen LogP contribution in [0.3, 0.4) is 0 Å². The van der Waals surface area contributed by atoms with Gasteiger partial charge in [0.15, 0.2) is 0 Å². The fraction of sp³-hybridized carbons (Fsp3) is 0.0556. The molecule has 0 saturated heterocycles. The number of benzene rings is 5. The van der Waals surface area contributed by atoms with Crippen LogP contribution in [0.5, 0.6) is 0 Å². The number of aliphatic imine (C=N–C) groups is 1. The Bertz CT molecular complexity index is 2130. The molecule has 1 N–H and O–H groups in total. The lowest BCUT2D eigenvalue weighted by Gasteiger charge is -2.11. The average Bonchev–Trinajstić information content (AvgIpc) is 3.55. The standard InChI is InChI=1S/C36H23N3/c1-2-6-26-25(5-1)28-8-3-7-27-24(17-18-29(26)33(27)28)21-10-12-22(13-11-21)32-19-15-23-14-16-30-31-9-4-20-37-36(31)39-35(30)34(23)38-32/h1-3,5-8,10-20,39H,4,9H2. The largest absolute Gasteiger partial charge is 0.338 e. The third-order valence-electron chi connectivity index (χ3n) is 8.50. The van der Waals surface area contributed by atoms with Gasteiger partial charge in [-0.3, -0.25) is 0 Å². The highest BCUT2D eigenvalue weighted by Gasteiger charge is 2.22. The Labute approximate surface area is 225 Å². The first kappa shape index (κ1) is 21.0. The van der Waals surface area contributed by atoms with E-state index in [0.29, 0.717) is 0 Å². The summed E-state index contributed by atoms with van der Waals surface area (Å²) in [7, 11) is 0. The van der Waals surface area contributed by atoms with Crippen molar-refractivity contribution in [3.05, 3.63) is 109 Å². The lowest BCUT2D eigenvalue weighted by Crippen LogP contribution is -1.90. The lowest BCUT2D eigenvalue weighted by molar-refractivity contribution is 1.03. The fourth-order valence-corrected chi connectivity index (χ4v) is 6.66. The Morgan fingerprint density at radius 1 is 0.590 bits per heavy atom. The summed E-state index contributed by atoms with van der Waals surface area (Å²) >= 11 is 0. The van der Waals surface area contributed by atoms with E-state index in [2.05, 4.69) is 113 Å². The number of hydrogen-bond donors (Lipinski definition) is 1. The van der Waals surface area contributed by atoms with Crippen LogP contribution >= 0.6 is 0 Å². The number of aromatic amines is 1. The summed E-state index contributed by atoms with van der Waals surface area (Å²) in [4.78, 5) is 13.3. The van der Waals surface area contributed by atoms with Gasteiger partial charge in [-0.05, 0) is 63.1 Å². The number of fused-ring (bicyclic) bond motifs is 8. The van der Waals surface area contributed by atoms with Crippen molar-refractivity contribution in [2.24, 2.45) is 4.99 Å². The Kier molecular flexibility index (Phi) is 4.17. The second kappa shape index (κ2) is 7.75. The van der Waals surface area contributed by atoms with Crippen LogP contribution in [0.2, 0.25) is 0 Å². The Balaban J connectivity index is 1.15. The second-order valence-corrected chi connectivity index (χ2v) is 10.6. The van der Waals surface area contributed by atoms with E-state index in [-0.39, 0.29) is 0 Å².